The van der Waals surface area contributed by atoms with Crippen molar-refractivity contribution in [3.8, 4) is 0 Å². The SMILES string of the molecule is CC/C=C\C/C=C\C/C=C\C/C=C\C/C=C\CCCCCC(=O)OC[C@@H](COC(=O)CCCCCCCCCCCC)OC(=O)CCCCCCCCCCC/C=C\C/C=C\CCCCC. The van der Waals surface area contributed by atoms with Crippen LogP contribution in [0.3, 0.4) is 0 Å². The molecule has 0 aliphatic rings. The topological polar surface area (TPSA) is 78.9 Å². The Bertz CT molecular complexity index is 1290. The van der Waals surface area contributed by atoms with E-state index in [2.05, 4.69) is 106 Å². The molecule has 0 saturated heterocycles. The predicted octanol–water partition coefficient (Wildman–Crippen LogP) is 18.4. The van der Waals surface area contributed by atoms with Gasteiger partial charge in [0.05, 0.1) is 0 Å². The average molecular weight is 919 g/mol. The van der Waals surface area contributed by atoms with Gasteiger partial charge in [-0.3, -0.25) is 14.4 Å². The van der Waals surface area contributed by atoms with Gasteiger partial charge in [0.15, 0.2) is 6.10 Å². The molecular weight excluding hydrogens is 817 g/mol. The lowest BCUT2D eigenvalue weighted by atomic mass is 10.1. The molecule has 0 unspecified atom stereocenters. The van der Waals surface area contributed by atoms with Crippen molar-refractivity contribution in [2.45, 2.75) is 264 Å². The van der Waals surface area contributed by atoms with Crippen LogP contribution in [0.15, 0.2) is 85.1 Å². The molecule has 66 heavy (non-hydrogen) atoms. The van der Waals surface area contributed by atoms with Crippen molar-refractivity contribution >= 4 is 17.9 Å². The third-order valence-corrected chi connectivity index (χ3v) is 11.6. The molecule has 0 spiro atoms. The zero-order valence-electron chi connectivity index (χ0n) is 43.2. The number of hydrogen-bond donors (Lipinski definition) is 0. The maximum Gasteiger partial charge on any atom is 0.306 e. The van der Waals surface area contributed by atoms with Crippen molar-refractivity contribution < 1.29 is 28.6 Å². The zero-order valence-corrected chi connectivity index (χ0v) is 43.2. The molecule has 0 aliphatic heterocycles. The fraction of sp³-hybridized carbons (Fsp3) is 0.717. The van der Waals surface area contributed by atoms with Gasteiger partial charge in [-0.25, -0.2) is 0 Å². The van der Waals surface area contributed by atoms with Crippen LogP contribution in [-0.4, -0.2) is 37.2 Å². The molecule has 0 fully saturated rings. The summed E-state index contributed by atoms with van der Waals surface area (Å²) in [6, 6.07) is 0. The van der Waals surface area contributed by atoms with Crippen LogP contribution in [0.2, 0.25) is 0 Å². The van der Waals surface area contributed by atoms with Gasteiger partial charge in [0, 0.05) is 19.3 Å². The van der Waals surface area contributed by atoms with Gasteiger partial charge in [0.1, 0.15) is 13.2 Å². The molecule has 6 heteroatoms. The highest BCUT2D eigenvalue weighted by Gasteiger charge is 2.19. The molecule has 0 radical (unpaired) electrons. The highest BCUT2D eigenvalue weighted by atomic mass is 16.6. The molecule has 1 atom stereocenters. The largest absolute Gasteiger partial charge is 0.462 e. The molecule has 0 N–H and O–H groups in total. The number of carbonyl (C=O) groups excluding carboxylic acids is 3. The third kappa shape index (κ3) is 51.6. The Balaban J connectivity index is 4.39. The van der Waals surface area contributed by atoms with Crippen LogP contribution in [0.25, 0.3) is 0 Å². The van der Waals surface area contributed by atoms with Gasteiger partial charge < -0.3 is 14.2 Å². The molecule has 0 heterocycles. The Morgan fingerprint density at radius 1 is 0.318 bits per heavy atom. The van der Waals surface area contributed by atoms with Gasteiger partial charge in [-0.05, 0) is 96.3 Å². The first kappa shape index (κ1) is 62.6. The van der Waals surface area contributed by atoms with E-state index in [-0.39, 0.29) is 31.1 Å². The molecule has 0 aliphatic carbocycles. The Kier molecular flexibility index (Phi) is 51.4. The summed E-state index contributed by atoms with van der Waals surface area (Å²) in [6.07, 6.45) is 70.0. The van der Waals surface area contributed by atoms with Crippen molar-refractivity contribution in [1.82, 2.24) is 0 Å². The van der Waals surface area contributed by atoms with Crippen molar-refractivity contribution in [2.75, 3.05) is 13.2 Å². The van der Waals surface area contributed by atoms with E-state index in [0.717, 1.165) is 103 Å². The van der Waals surface area contributed by atoms with Crippen molar-refractivity contribution in [3.63, 3.8) is 0 Å². The quantitative estimate of drug-likeness (QED) is 0.0262. The fourth-order valence-electron chi connectivity index (χ4n) is 7.50. The Hall–Kier alpha value is -3.41. The second-order valence-electron chi connectivity index (χ2n) is 18.1. The van der Waals surface area contributed by atoms with E-state index in [4.69, 9.17) is 14.2 Å². The first-order valence-electron chi connectivity index (χ1n) is 27.6. The van der Waals surface area contributed by atoms with Gasteiger partial charge in [-0.1, -0.05) is 228 Å². The molecule has 6 nitrogen and oxygen atoms in total. The van der Waals surface area contributed by atoms with Gasteiger partial charge >= 0.3 is 17.9 Å². The van der Waals surface area contributed by atoms with Crippen LogP contribution in [0.5, 0.6) is 0 Å². The Morgan fingerprint density at radius 2 is 0.591 bits per heavy atom. The van der Waals surface area contributed by atoms with Gasteiger partial charge in [-0.15, -0.1) is 0 Å². The van der Waals surface area contributed by atoms with Crippen molar-refractivity contribution in [3.05, 3.63) is 85.1 Å². The minimum Gasteiger partial charge on any atom is -0.462 e. The van der Waals surface area contributed by atoms with E-state index in [1.807, 2.05) is 0 Å². The minimum absolute atomic E-state index is 0.0876. The zero-order chi connectivity index (χ0) is 47.9. The van der Waals surface area contributed by atoms with E-state index in [0.29, 0.717) is 19.3 Å². The number of allylic oxidation sites excluding steroid dienone is 14. The summed E-state index contributed by atoms with van der Waals surface area (Å²) in [5.74, 6) is -0.924. The summed E-state index contributed by atoms with van der Waals surface area (Å²) in [6.45, 7) is 6.46. The number of rotatable bonds is 49. The Morgan fingerprint density at radius 3 is 0.970 bits per heavy atom. The molecular formula is C60H102O6. The molecule has 0 aromatic carbocycles. The lowest BCUT2D eigenvalue weighted by Crippen LogP contribution is -2.30. The standard InChI is InChI=1S/C60H102O6/c1-4-7-10-13-16-19-22-24-26-28-30-32-34-36-38-41-44-47-50-53-59(62)65-56-57(55-64-58(61)52-49-46-43-40-21-18-15-12-9-6-3)66-60(63)54-51-48-45-42-39-37-35-33-31-29-27-25-23-20-17-14-11-8-5-2/h7,10,16-17,19-20,24-27,30,32,36,38,57H,4-6,8-9,11-15,18,21-23,28-29,31,33-35,37,39-56H2,1-3H3/b10-7-,19-16-,20-17-,26-24-,27-25-,32-30-,38-36-/t57-/m1/s1. The molecule has 0 aromatic rings. The molecule has 0 saturated carbocycles. The monoisotopic (exact) mass is 919 g/mol. The highest BCUT2D eigenvalue weighted by Crippen LogP contribution is 2.15. The lowest BCUT2D eigenvalue weighted by Gasteiger charge is -2.18. The maximum atomic E-state index is 12.8. The van der Waals surface area contributed by atoms with Crippen LogP contribution in [-0.2, 0) is 28.6 Å². The van der Waals surface area contributed by atoms with Gasteiger partial charge in [0.25, 0.3) is 0 Å². The first-order valence-corrected chi connectivity index (χ1v) is 27.6. The summed E-state index contributed by atoms with van der Waals surface area (Å²) in [4.78, 5) is 38.0. The average Bonchev–Trinajstić information content (AvgIpc) is 3.31. The van der Waals surface area contributed by atoms with Crippen LogP contribution >= 0.6 is 0 Å². The summed E-state index contributed by atoms with van der Waals surface area (Å²) in [7, 11) is 0. The smallest absolute Gasteiger partial charge is 0.306 e. The summed E-state index contributed by atoms with van der Waals surface area (Å²) >= 11 is 0. The number of unbranched alkanes of at least 4 members (excludes halogenated alkanes) is 24. The van der Waals surface area contributed by atoms with Crippen LogP contribution in [0.4, 0.5) is 0 Å². The lowest BCUT2D eigenvalue weighted by molar-refractivity contribution is -0.167. The number of esters is 3. The van der Waals surface area contributed by atoms with E-state index in [1.165, 1.54) is 116 Å². The third-order valence-electron chi connectivity index (χ3n) is 11.6. The molecule has 0 amide bonds. The van der Waals surface area contributed by atoms with E-state index >= 15 is 0 Å². The molecule has 0 aromatic heterocycles. The number of ether oxygens (including phenoxy) is 3. The van der Waals surface area contributed by atoms with E-state index in [9.17, 15) is 14.4 Å². The van der Waals surface area contributed by atoms with Crippen molar-refractivity contribution in [1.29, 1.82) is 0 Å². The maximum absolute atomic E-state index is 12.8. The second kappa shape index (κ2) is 54.2. The normalized spacial score (nSPS) is 12.7. The highest BCUT2D eigenvalue weighted by molar-refractivity contribution is 5.71. The van der Waals surface area contributed by atoms with E-state index < -0.39 is 6.10 Å². The summed E-state index contributed by atoms with van der Waals surface area (Å²) in [5.41, 5.74) is 0. The molecule has 0 rings (SSSR count). The molecule has 378 valence electrons. The number of carbonyl (C=O) groups is 3. The fourth-order valence-corrected chi connectivity index (χ4v) is 7.50. The van der Waals surface area contributed by atoms with E-state index in [1.54, 1.807) is 0 Å². The van der Waals surface area contributed by atoms with Crippen LogP contribution < -0.4 is 0 Å². The summed E-state index contributed by atoms with van der Waals surface area (Å²) < 4.78 is 16.8. The van der Waals surface area contributed by atoms with Gasteiger partial charge in [-0.2, -0.15) is 0 Å². The van der Waals surface area contributed by atoms with Crippen molar-refractivity contribution in [2.24, 2.45) is 0 Å². The van der Waals surface area contributed by atoms with Crippen LogP contribution in [0.1, 0.15) is 258 Å². The predicted molar refractivity (Wildman–Crippen MR) is 284 cm³/mol. The summed E-state index contributed by atoms with van der Waals surface area (Å²) in [5, 5.41) is 0. The Labute approximate surface area is 407 Å². The number of hydrogen-bond acceptors (Lipinski definition) is 6. The van der Waals surface area contributed by atoms with Gasteiger partial charge in [0.2, 0.25) is 0 Å². The molecule has 0 bridgehead atoms. The minimum atomic E-state index is -0.791. The second-order valence-corrected chi connectivity index (χ2v) is 18.1. The van der Waals surface area contributed by atoms with Crippen LogP contribution in [0, 0.1) is 0 Å². The first-order chi connectivity index (χ1) is 32.5.